The summed E-state index contributed by atoms with van der Waals surface area (Å²) in [6.07, 6.45) is 17.0. The van der Waals surface area contributed by atoms with E-state index in [2.05, 4.69) is 32.6 Å². The zero-order chi connectivity index (χ0) is 15.5. The van der Waals surface area contributed by atoms with Gasteiger partial charge in [-0.1, -0.05) is 66.2 Å². The van der Waals surface area contributed by atoms with E-state index in [0.717, 1.165) is 18.0 Å². The largest absolute Gasteiger partial charge is 0.297 e. The molecule has 0 radical (unpaired) electrons. The molecule has 0 saturated carbocycles. The first-order valence-corrected chi connectivity index (χ1v) is 10.0. The number of nitrogens with zero attached hydrogens (tertiary/aromatic N) is 1. The Balaban J connectivity index is 2.68. The molecule has 1 saturated heterocycles. The number of hydrogen-bond acceptors (Lipinski definition) is 1. The molecule has 1 atom stereocenters. The Bertz CT molecular complexity index is 224. The van der Waals surface area contributed by atoms with E-state index in [1.165, 1.54) is 83.6 Å². The van der Waals surface area contributed by atoms with Crippen molar-refractivity contribution in [1.82, 2.24) is 4.90 Å². The highest BCUT2D eigenvalue weighted by Gasteiger charge is 2.34. The standard InChI is InChI=1S/C20H41N/c1-5-9-14-18(15-10-6-2)20-16-11-17-21(20)19(12-7-3)13-8-4/h18-20H,5-17H2,1-4H3. The van der Waals surface area contributed by atoms with Crippen LogP contribution in [0.4, 0.5) is 0 Å². The Hall–Kier alpha value is -0.0400. The summed E-state index contributed by atoms with van der Waals surface area (Å²) in [5.74, 6) is 0.976. The van der Waals surface area contributed by atoms with Gasteiger partial charge in [-0.05, 0) is 51.0 Å². The first-order chi connectivity index (χ1) is 10.3. The van der Waals surface area contributed by atoms with Gasteiger partial charge in [-0.25, -0.2) is 0 Å². The molecule has 0 aliphatic carbocycles. The number of rotatable bonds is 12. The second kappa shape index (κ2) is 11.5. The molecule has 126 valence electrons. The molecular formula is C20H41N. The molecule has 0 aromatic carbocycles. The van der Waals surface area contributed by atoms with Crippen LogP contribution in [0.3, 0.4) is 0 Å². The summed E-state index contributed by atoms with van der Waals surface area (Å²) in [6.45, 7) is 10.8. The maximum atomic E-state index is 2.95. The van der Waals surface area contributed by atoms with Gasteiger partial charge in [-0.15, -0.1) is 0 Å². The quantitative estimate of drug-likeness (QED) is 0.402. The fourth-order valence-electron chi connectivity index (χ4n) is 4.38. The van der Waals surface area contributed by atoms with Gasteiger partial charge in [0.15, 0.2) is 0 Å². The van der Waals surface area contributed by atoms with E-state index in [-0.39, 0.29) is 0 Å². The van der Waals surface area contributed by atoms with Gasteiger partial charge >= 0.3 is 0 Å². The van der Waals surface area contributed by atoms with Gasteiger partial charge in [-0.2, -0.15) is 0 Å². The van der Waals surface area contributed by atoms with Gasteiger partial charge < -0.3 is 0 Å². The first-order valence-electron chi connectivity index (χ1n) is 10.0. The van der Waals surface area contributed by atoms with Gasteiger partial charge in [0.05, 0.1) is 0 Å². The lowest BCUT2D eigenvalue weighted by Gasteiger charge is -2.37. The molecule has 1 aliphatic heterocycles. The average Bonchev–Trinajstić information content (AvgIpc) is 2.96. The first kappa shape index (κ1) is 19.0. The molecule has 0 amide bonds. The summed E-state index contributed by atoms with van der Waals surface area (Å²) >= 11 is 0. The summed E-state index contributed by atoms with van der Waals surface area (Å²) in [4.78, 5) is 2.95. The minimum absolute atomic E-state index is 0.873. The molecule has 1 heteroatoms. The van der Waals surface area contributed by atoms with Crippen molar-refractivity contribution in [2.75, 3.05) is 6.54 Å². The van der Waals surface area contributed by atoms with E-state index in [1.54, 1.807) is 0 Å². The maximum Gasteiger partial charge on any atom is 0.0127 e. The van der Waals surface area contributed by atoms with E-state index >= 15 is 0 Å². The SMILES string of the molecule is CCCCC(CCCC)C1CCCN1C(CCC)CCC. The Morgan fingerprint density at radius 3 is 1.86 bits per heavy atom. The third-order valence-corrected chi connectivity index (χ3v) is 5.46. The third-order valence-electron chi connectivity index (χ3n) is 5.46. The van der Waals surface area contributed by atoms with Crippen molar-refractivity contribution in [1.29, 1.82) is 0 Å². The van der Waals surface area contributed by atoms with E-state index in [4.69, 9.17) is 0 Å². The minimum atomic E-state index is 0.873. The Labute approximate surface area is 134 Å². The molecular weight excluding hydrogens is 254 g/mol. The van der Waals surface area contributed by atoms with Crippen molar-refractivity contribution >= 4 is 0 Å². The molecule has 0 N–H and O–H groups in total. The van der Waals surface area contributed by atoms with Crippen LogP contribution in [0.25, 0.3) is 0 Å². The van der Waals surface area contributed by atoms with Crippen LogP contribution >= 0.6 is 0 Å². The zero-order valence-corrected chi connectivity index (χ0v) is 15.4. The van der Waals surface area contributed by atoms with E-state index in [9.17, 15) is 0 Å². The van der Waals surface area contributed by atoms with Gasteiger partial charge in [0.1, 0.15) is 0 Å². The van der Waals surface area contributed by atoms with Crippen molar-refractivity contribution in [2.45, 2.75) is 117 Å². The molecule has 1 aliphatic rings. The molecule has 1 unspecified atom stereocenters. The smallest absolute Gasteiger partial charge is 0.0127 e. The van der Waals surface area contributed by atoms with Crippen LogP contribution in [0.5, 0.6) is 0 Å². The van der Waals surface area contributed by atoms with Crippen LogP contribution in [0, 0.1) is 5.92 Å². The van der Waals surface area contributed by atoms with Crippen LogP contribution in [-0.4, -0.2) is 23.5 Å². The molecule has 1 fully saturated rings. The molecule has 1 nitrogen and oxygen atoms in total. The summed E-state index contributed by atoms with van der Waals surface area (Å²) in [6, 6.07) is 1.78. The lowest BCUT2D eigenvalue weighted by Crippen LogP contribution is -2.43. The maximum absolute atomic E-state index is 2.95. The highest BCUT2D eigenvalue weighted by molar-refractivity contribution is 4.89. The highest BCUT2D eigenvalue weighted by atomic mass is 15.2. The van der Waals surface area contributed by atoms with Crippen molar-refractivity contribution < 1.29 is 0 Å². The van der Waals surface area contributed by atoms with E-state index in [0.29, 0.717) is 0 Å². The van der Waals surface area contributed by atoms with Crippen molar-refractivity contribution in [3.63, 3.8) is 0 Å². The zero-order valence-electron chi connectivity index (χ0n) is 15.4. The molecule has 21 heavy (non-hydrogen) atoms. The predicted octanol–water partition coefficient (Wildman–Crippen LogP) is 6.42. The second-order valence-electron chi connectivity index (χ2n) is 7.22. The van der Waals surface area contributed by atoms with Gasteiger partial charge in [0.25, 0.3) is 0 Å². The average molecular weight is 296 g/mol. The summed E-state index contributed by atoms with van der Waals surface area (Å²) < 4.78 is 0. The number of likely N-dealkylation sites (tertiary alicyclic amines) is 1. The summed E-state index contributed by atoms with van der Waals surface area (Å²) in [5, 5.41) is 0. The fourth-order valence-corrected chi connectivity index (χ4v) is 4.38. The molecule has 1 heterocycles. The summed E-state index contributed by atoms with van der Waals surface area (Å²) in [5.41, 5.74) is 0. The van der Waals surface area contributed by atoms with Gasteiger partial charge in [0, 0.05) is 12.1 Å². The van der Waals surface area contributed by atoms with Crippen LogP contribution in [0.2, 0.25) is 0 Å². The van der Waals surface area contributed by atoms with Gasteiger partial charge in [0.2, 0.25) is 0 Å². The number of hydrogen-bond donors (Lipinski definition) is 0. The van der Waals surface area contributed by atoms with Crippen LogP contribution in [-0.2, 0) is 0 Å². The lowest BCUT2D eigenvalue weighted by molar-refractivity contribution is 0.109. The van der Waals surface area contributed by atoms with Crippen molar-refractivity contribution in [3.8, 4) is 0 Å². The lowest BCUT2D eigenvalue weighted by atomic mass is 9.86. The van der Waals surface area contributed by atoms with Crippen molar-refractivity contribution in [2.24, 2.45) is 5.92 Å². The molecule has 0 aromatic rings. The molecule has 0 spiro atoms. The van der Waals surface area contributed by atoms with Crippen molar-refractivity contribution in [3.05, 3.63) is 0 Å². The van der Waals surface area contributed by atoms with Crippen LogP contribution in [0.1, 0.15) is 105 Å². The number of unbranched alkanes of at least 4 members (excludes halogenated alkanes) is 2. The molecule has 0 bridgehead atoms. The Kier molecular flexibility index (Phi) is 10.4. The topological polar surface area (TPSA) is 3.24 Å². The minimum Gasteiger partial charge on any atom is -0.297 e. The van der Waals surface area contributed by atoms with Gasteiger partial charge in [-0.3, -0.25) is 4.90 Å². The summed E-state index contributed by atoms with van der Waals surface area (Å²) in [7, 11) is 0. The van der Waals surface area contributed by atoms with E-state index < -0.39 is 0 Å². The fraction of sp³-hybridized carbons (Fsp3) is 1.00. The Morgan fingerprint density at radius 2 is 1.38 bits per heavy atom. The van der Waals surface area contributed by atoms with Crippen LogP contribution in [0.15, 0.2) is 0 Å². The highest BCUT2D eigenvalue weighted by Crippen LogP contribution is 2.34. The van der Waals surface area contributed by atoms with Crippen LogP contribution < -0.4 is 0 Å². The predicted molar refractivity (Wildman–Crippen MR) is 95.9 cm³/mol. The van der Waals surface area contributed by atoms with E-state index in [1.807, 2.05) is 0 Å². The molecule has 0 aromatic heterocycles. The normalized spacial score (nSPS) is 20.0. The monoisotopic (exact) mass is 295 g/mol. The Morgan fingerprint density at radius 1 is 0.810 bits per heavy atom. The third kappa shape index (κ3) is 6.30. The second-order valence-corrected chi connectivity index (χ2v) is 7.22. The molecule has 1 rings (SSSR count).